The summed E-state index contributed by atoms with van der Waals surface area (Å²) in [6.07, 6.45) is 0.0485. The normalized spacial score (nSPS) is 11.9. The van der Waals surface area contributed by atoms with E-state index in [-0.39, 0.29) is 11.3 Å². The first-order valence-corrected chi connectivity index (χ1v) is 12.3. The zero-order chi connectivity index (χ0) is 25.6. The van der Waals surface area contributed by atoms with Crippen molar-refractivity contribution >= 4 is 22.3 Å². The summed E-state index contributed by atoms with van der Waals surface area (Å²) in [6, 6.07) is 33.2. The number of H-pyrrole nitrogens is 1. The molecule has 0 unspecified atom stereocenters. The first-order chi connectivity index (χ1) is 18.1. The molecule has 1 aromatic heterocycles. The molecule has 37 heavy (non-hydrogen) atoms. The van der Waals surface area contributed by atoms with Crippen LogP contribution >= 0.6 is 0 Å². The minimum absolute atomic E-state index is 0.0153. The number of phenolic OH excluding ortho intramolecular Hbond substituents is 1. The van der Waals surface area contributed by atoms with E-state index in [1.54, 1.807) is 12.1 Å². The van der Waals surface area contributed by atoms with Crippen molar-refractivity contribution in [1.82, 2.24) is 10.3 Å². The lowest BCUT2D eigenvalue weighted by molar-refractivity contribution is 0.176. The number of hydrogen-bond acceptors (Lipinski definition) is 5. The predicted octanol–water partition coefficient (Wildman–Crippen LogP) is 5.51. The van der Waals surface area contributed by atoms with Gasteiger partial charge >= 0.3 is 0 Å². The van der Waals surface area contributed by atoms with Crippen LogP contribution in [0.5, 0.6) is 5.75 Å². The standard InChI is InChI=1S/C31H29N3O3/c35-28-15-13-26(27-14-16-30(37)34-31(27)28)29(36)20-32-18-17-21-9-11-24(12-10-21)33-25-8-4-7-23(19-25)22-5-2-1-3-6-22/h1-16,19,29,32-33,35-36H,17-18,20H2,(H,34,37)/t29-/m1/s1. The Morgan fingerprint density at radius 2 is 1.57 bits per heavy atom. The quantitative estimate of drug-likeness (QED) is 0.175. The van der Waals surface area contributed by atoms with Gasteiger partial charge in [0.05, 0.1) is 11.6 Å². The van der Waals surface area contributed by atoms with Crippen molar-refractivity contribution in [3.05, 3.63) is 125 Å². The van der Waals surface area contributed by atoms with E-state index < -0.39 is 6.10 Å². The van der Waals surface area contributed by atoms with Gasteiger partial charge in [0.25, 0.3) is 0 Å². The van der Waals surface area contributed by atoms with E-state index in [1.807, 2.05) is 18.2 Å². The second kappa shape index (κ2) is 11.1. The fourth-order valence-corrected chi connectivity index (χ4v) is 4.46. The van der Waals surface area contributed by atoms with Crippen LogP contribution in [0.4, 0.5) is 11.4 Å². The van der Waals surface area contributed by atoms with Gasteiger partial charge in [-0.1, -0.05) is 60.7 Å². The van der Waals surface area contributed by atoms with Gasteiger partial charge in [-0.2, -0.15) is 0 Å². The largest absolute Gasteiger partial charge is 0.506 e. The van der Waals surface area contributed by atoms with E-state index in [4.69, 9.17) is 0 Å². The Kier molecular flexibility index (Phi) is 7.31. The molecule has 6 nitrogen and oxygen atoms in total. The third-order valence-electron chi connectivity index (χ3n) is 6.41. The summed E-state index contributed by atoms with van der Waals surface area (Å²) in [5, 5.41) is 28.1. The summed E-state index contributed by atoms with van der Waals surface area (Å²) in [5.41, 5.74) is 6.31. The van der Waals surface area contributed by atoms with Gasteiger partial charge in [0.15, 0.2) is 0 Å². The van der Waals surface area contributed by atoms with Crippen molar-refractivity contribution in [2.24, 2.45) is 0 Å². The molecule has 0 aliphatic rings. The summed E-state index contributed by atoms with van der Waals surface area (Å²) in [5.74, 6) is -0.0153. The van der Waals surface area contributed by atoms with Crippen molar-refractivity contribution in [2.45, 2.75) is 12.5 Å². The lowest BCUT2D eigenvalue weighted by atomic mass is 10.0. The molecule has 0 amide bonds. The van der Waals surface area contributed by atoms with Crippen LogP contribution in [0.15, 0.2) is 108 Å². The number of hydrogen-bond donors (Lipinski definition) is 5. The number of aliphatic hydroxyl groups excluding tert-OH is 1. The molecule has 0 fully saturated rings. The molecule has 0 saturated heterocycles. The van der Waals surface area contributed by atoms with Gasteiger partial charge in [-0.05, 0) is 71.6 Å². The molecule has 0 saturated carbocycles. The van der Waals surface area contributed by atoms with E-state index in [0.717, 1.165) is 17.8 Å². The molecule has 0 spiro atoms. The van der Waals surface area contributed by atoms with Crippen LogP contribution in [0.1, 0.15) is 17.2 Å². The maximum atomic E-state index is 11.6. The van der Waals surface area contributed by atoms with Crippen LogP contribution < -0.4 is 16.2 Å². The van der Waals surface area contributed by atoms with Gasteiger partial charge in [0.2, 0.25) is 5.56 Å². The number of rotatable bonds is 9. The average molecular weight is 492 g/mol. The first kappa shape index (κ1) is 24.3. The predicted molar refractivity (Wildman–Crippen MR) is 149 cm³/mol. The third kappa shape index (κ3) is 5.89. The van der Waals surface area contributed by atoms with Crippen LogP contribution in [0.3, 0.4) is 0 Å². The van der Waals surface area contributed by atoms with E-state index >= 15 is 0 Å². The number of fused-ring (bicyclic) bond motifs is 1. The Balaban J connectivity index is 1.14. The number of pyridine rings is 1. The van der Waals surface area contributed by atoms with E-state index in [9.17, 15) is 15.0 Å². The number of aliphatic hydroxyl groups is 1. The molecule has 1 atom stereocenters. The number of anilines is 2. The van der Waals surface area contributed by atoms with Crippen molar-refractivity contribution in [3.63, 3.8) is 0 Å². The number of benzene rings is 4. The van der Waals surface area contributed by atoms with E-state index in [0.29, 0.717) is 29.6 Å². The summed E-state index contributed by atoms with van der Waals surface area (Å²) in [6.45, 7) is 1.06. The highest BCUT2D eigenvalue weighted by atomic mass is 16.3. The smallest absolute Gasteiger partial charge is 0.248 e. The van der Waals surface area contributed by atoms with Crippen LogP contribution in [-0.4, -0.2) is 28.3 Å². The number of aromatic hydroxyl groups is 1. The monoisotopic (exact) mass is 491 g/mol. The van der Waals surface area contributed by atoms with Crippen LogP contribution in [0, 0.1) is 0 Å². The Morgan fingerprint density at radius 3 is 2.38 bits per heavy atom. The Morgan fingerprint density at radius 1 is 0.784 bits per heavy atom. The highest BCUT2D eigenvalue weighted by Crippen LogP contribution is 2.28. The Bertz CT molecular complexity index is 1550. The van der Waals surface area contributed by atoms with Crippen LogP contribution in [0.25, 0.3) is 22.0 Å². The summed E-state index contributed by atoms with van der Waals surface area (Å²) in [4.78, 5) is 14.2. The molecule has 0 bridgehead atoms. The van der Waals surface area contributed by atoms with Gasteiger partial charge in [0, 0.05) is 29.4 Å². The van der Waals surface area contributed by atoms with Crippen LogP contribution in [0.2, 0.25) is 0 Å². The molecular formula is C31H29N3O3. The summed E-state index contributed by atoms with van der Waals surface area (Å²) >= 11 is 0. The van der Waals surface area contributed by atoms with Gasteiger partial charge < -0.3 is 25.8 Å². The highest BCUT2D eigenvalue weighted by molar-refractivity contribution is 5.87. The molecule has 5 N–H and O–H groups in total. The summed E-state index contributed by atoms with van der Waals surface area (Å²) in [7, 11) is 0. The van der Waals surface area contributed by atoms with Gasteiger partial charge in [-0.15, -0.1) is 0 Å². The average Bonchev–Trinajstić information content (AvgIpc) is 2.93. The van der Waals surface area contributed by atoms with E-state index in [2.05, 4.69) is 76.3 Å². The maximum Gasteiger partial charge on any atom is 0.248 e. The Labute approximate surface area is 215 Å². The van der Waals surface area contributed by atoms with Crippen molar-refractivity contribution in [2.75, 3.05) is 18.4 Å². The lowest BCUT2D eigenvalue weighted by Gasteiger charge is -2.15. The van der Waals surface area contributed by atoms with Gasteiger partial charge in [-0.3, -0.25) is 4.79 Å². The number of aromatic amines is 1. The third-order valence-corrected chi connectivity index (χ3v) is 6.41. The molecule has 6 heteroatoms. The van der Waals surface area contributed by atoms with Crippen LogP contribution in [-0.2, 0) is 6.42 Å². The van der Waals surface area contributed by atoms with Gasteiger partial charge in [0.1, 0.15) is 5.75 Å². The summed E-state index contributed by atoms with van der Waals surface area (Å²) < 4.78 is 0. The maximum absolute atomic E-state index is 11.6. The molecule has 5 aromatic rings. The number of nitrogens with one attached hydrogen (secondary N) is 3. The fourth-order valence-electron chi connectivity index (χ4n) is 4.46. The lowest BCUT2D eigenvalue weighted by Crippen LogP contribution is -2.24. The molecule has 0 aliphatic heterocycles. The molecule has 5 rings (SSSR count). The molecule has 186 valence electrons. The molecule has 1 heterocycles. The van der Waals surface area contributed by atoms with Crippen molar-refractivity contribution in [3.8, 4) is 16.9 Å². The molecular weight excluding hydrogens is 462 g/mol. The zero-order valence-corrected chi connectivity index (χ0v) is 20.3. The topological polar surface area (TPSA) is 97.4 Å². The molecule has 4 aromatic carbocycles. The molecule has 0 radical (unpaired) electrons. The first-order valence-electron chi connectivity index (χ1n) is 12.3. The van der Waals surface area contributed by atoms with E-state index in [1.165, 1.54) is 28.8 Å². The number of aromatic nitrogens is 1. The highest BCUT2D eigenvalue weighted by Gasteiger charge is 2.13. The Hall–Kier alpha value is -4.39. The second-order valence-electron chi connectivity index (χ2n) is 9.02. The minimum atomic E-state index is -0.771. The van der Waals surface area contributed by atoms with Gasteiger partial charge in [-0.25, -0.2) is 0 Å². The van der Waals surface area contributed by atoms with Crippen molar-refractivity contribution < 1.29 is 10.2 Å². The molecule has 0 aliphatic carbocycles. The zero-order valence-electron chi connectivity index (χ0n) is 20.3. The van der Waals surface area contributed by atoms with Crippen molar-refractivity contribution in [1.29, 1.82) is 0 Å². The minimum Gasteiger partial charge on any atom is -0.506 e. The number of phenols is 1. The SMILES string of the molecule is O=c1ccc2c([C@H](O)CNCCc3ccc(Nc4cccc(-c5ccccc5)c4)cc3)ccc(O)c2[nH]1. The second-order valence-corrected chi connectivity index (χ2v) is 9.02. The fraction of sp³-hybridized carbons (Fsp3) is 0.129.